The Kier molecular flexibility index (Phi) is 4.23. The van der Waals surface area contributed by atoms with Crippen LogP contribution in [0.15, 0.2) is 48.9 Å². The van der Waals surface area contributed by atoms with Crippen LogP contribution in [0, 0.1) is 5.92 Å². The SMILES string of the molecule is O=C(Cn1ccc2ccccc21)N1CCC(c2nccn2CC2CC2)CC1. The minimum Gasteiger partial charge on any atom is -0.341 e. The highest BCUT2D eigenvalue weighted by Crippen LogP contribution is 2.33. The van der Waals surface area contributed by atoms with Gasteiger partial charge in [-0.15, -0.1) is 0 Å². The summed E-state index contributed by atoms with van der Waals surface area (Å²) in [6, 6.07) is 10.3. The summed E-state index contributed by atoms with van der Waals surface area (Å²) < 4.78 is 4.41. The van der Waals surface area contributed by atoms with E-state index in [0.717, 1.165) is 43.9 Å². The van der Waals surface area contributed by atoms with Crippen LogP contribution < -0.4 is 0 Å². The lowest BCUT2D eigenvalue weighted by atomic mass is 9.95. The minimum absolute atomic E-state index is 0.219. The predicted molar refractivity (Wildman–Crippen MR) is 105 cm³/mol. The van der Waals surface area contributed by atoms with Crippen molar-refractivity contribution >= 4 is 16.8 Å². The quantitative estimate of drug-likeness (QED) is 0.695. The van der Waals surface area contributed by atoms with Gasteiger partial charge in [-0.25, -0.2) is 4.98 Å². The van der Waals surface area contributed by atoms with Gasteiger partial charge in [-0.3, -0.25) is 4.79 Å². The van der Waals surface area contributed by atoms with Crippen LogP contribution >= 0.6 is 0 Å². The lowest BCUT2D eigenvalue weighted by Gasteiger charge is -2.32. The molecule has 2 fully saturated rings. The molecule has 5 heteroatoms. The van der Waals surface area contributed by atoms with Crippen molar-refractivity contribution < 1.29 is 4.79 Å². The maximum Gasteiger partial charge on any atom is 0.242 e. The number of piperidine rings is 1. The first-order valence-electron chi connectivity index (χ1n) is 10.1. The number of hydrogen-bond acceptors (Lipinski definition) is 2. The molecule has 1 aromatic carbocycles. The Bertz CT molecular complexity index is 944. The van der Waals surface area contributed by atoms with Gasteiger partial charge >= 0.3 is 0 Å². The highest BCUT2D eigenvalue weighted by molar-refractivity contribution is 5.83. The summed E-state index contributed by atoms with van der Waals surface area (Å²) in [4.78, 5) is 19.5. The van der Waals surface area contributed by atoms with Crippen molar-refractivity contribution in [3.63, 3.8) is 0 Å². The number of fused-ring (bicyclic) bond motifs is 1. The number of benzene rings is 1. The topological polar surface area (TPSA) is 43.1 Å². The molecule has 0 N–H and O–H groups in total. The van der Waals surface area contributed by atoms with E-state index >= 15 is 0 Å². The first kappa shape index (κ1) is 16.6. The molecule has 27 heavy (non-hydrogen) atoms. The van der Waals surface area contributed by atoms with E-state index < -0.39 is 0 Å². The number of likely N-dealkylation sites (tertiary alicyclic amines) is 1. The molecule has 0 unspecified atom stereocenters. The maximum absolute atomic E-state index is 12.8. The molecule has 1 saturated carbocycles. The molecule has 5 nitrogen and oxygen atoms in total. The first-order chi connectivity index (χ1) is 13.3. The number of para-hydroxylation sites is 1. The average Bonchev–Trinajstić information content (AvgIpc) is 3.24. The number of imidazole rings is 1. The molecule has 3 aromatic rings. The van der Waals surface area contributed by atoms with Crippen LogP contribution in [0.5, 0.6) is 0 Å². The van der Waals surface area contributed by atoms with E-state index in [2.05, 4.69) is 38.5 Å². The van der Waals surface area contributed by atoms with E-state index in [1.165, 1.54) is 24.1 Å². The molecule has 0 radical (unpaired) electrons. The molecule has 3 heterocycles. The molecule has 1 aliphatic carbocycles. The van der Waals surface area contributed by atoms with E-state index in [-0.39, 0.29) is 5.91 Å². The Morgan fingerprint density at radius 1 is 1.00 bits per heavy atom. The Morgan fingerprint density at radius 3 is 2.63 bits per heavy atom. The minimum atomic E-state index is 0.219. The molecule has 5 rings (SSSR count). The Morgan fingerprint density at radius 2 is 1.81 bits per heavy atom. The van der Waals surface area contributed by atoms with Gasteiger partial charge in [0.2, 0.25) is 5.91 Å². The van der Waals surface area contributed by atoms with Crippen molar-refractivity contribution in [2.75, 3.05) is 13.1 Å². The zero-order chi connectivity index (χ0) is 18.2. The molecule has 2 aliphatic rings. The van der Waals surface area contributed by atoms with Crippen molar-refractivity contribution in [3.05, 3.63) is 54.7 Å². The van der Waals surface area contributed by atoms with Gasteiger partial charge < -0.3 is 14.0 Å². The fourth-order valence-electron chi connectivity index (χ4n) is 4.32. The van der Waals surface area contributed by atoms with E-state index in [1.807, 2.05) is 29.4 Å². The van der Waals surface area contributed by atoms with Crippen molar-refractivity contribution in [2.24, 2.45) is 5.92 Å². The van der Waals surface area contributed by atoms with Crippen molar-refractivity contribution in [3.8, 4) is 0 Å². The Balaban J connectivity index is 1.21. The van der Waals surface area contributed by atoms with Gasteiger partial charge in [-0.1, -0.05) is 18.2 Å². The normalized spacial score (nSPS) is 18.3. The van der Waals surface area contributed by atoms with Crippen LogP contribution in [0.2, 0.25) is 0 Å². The number of hydrogen-bond donors (Lipinski definition) is 0. The monoisotopic (exact) mass is 362 g/mol. The maximum atomic E-state index is 12.8. The van der Waals surface area contributed by atoms with Crippen molar-refractivity contribution in [2.45, 2.75) is 44.7 Å². The Labute approximate surface area is 159 Å². The third-order valence-electron chi connectivity index (χ3n) is 6.10. The number of carbonyl (C=O) groups is 1. The van der Waals surface area contributed by atoms with Gasteiger partial charge in [-0.05, 0) is 49.1 Å². The van der Waals surface area contributed by atoms with E-state index in [9.17, 15) is 4.79 Å². The van der Waals surface area contributed by atoms with Crippen molar-refractivity contribution in [1.29, 1.82) is 0 Å². The lowest BCUT2D eigenvalue weighted by Crippen LogP contribution is -2.40. The highest BCUT2D eigenvalue weighted by atomic mass is 16.2. The van der Waals surface area contributed by atoms with E-state index in [4.69, 9.17) is 0 Å². The summed E-state index contributed by atoms with van der Waals surface area (Å²) in [5.74, 6) is 2.78. The smallest absolute Gasteiger partial charge is 0.242 e. The van der Waals surface area contributed by atoms with Crippen LogP contribution in [-0.2, 0) is 17.9 Å². The second kappa shape index (κ2) is 6.87. The first-order valence-corrected chi connectivity index (χ1v) is 10.1. The van der Waals surface area contributed by atoms with Gasteiger partial charge in [0.05, 0.1) is 0 Å². The molecule has 140 valence electrons. The Hall–Kier alpha value is -2.56. The van der Waals surface area contributed by atoms with Gasteiger partial charge in [0.25, 0.3) is 0 Å². The molecule has 2 aromatic heterocycles. The average molecular weight is 362 g/mol. The summed E-state index contributed by atoms with van der Waals surface area (Å²) in [7, 11) is 0. The third kappa shape index (κ3) is 3.38. The zero-order valence-electron chi connectivity index (χ0n) is 15.6. The number of carbonyl (C=O) groups excluding carboxylic acids is 1. The van der Waals surface area contributed by atoms with Gasteiger partial charge in [-0.2, -0.15) is 0 Å². The number of nitrogens with zero attached hydrogens (tertiary/aromatic N) is 4. The molecule has 1 amide bonds. The third-order valence-corrected chi connectivity index (χ3v) is 6.10. The van der Waals surface area contributed by atoms with Gasteiger partial charge in [0.1, 0.15) is 12.4 Å². The molecular weight excluding hydrogens is 336 g/mol. The summed E-state index contributed by atoms with van der Waals surface area (Å²) in [6.45, 7) is 3.21. The second-order valence-corrected chi connectivity index (χ2v) is 8.04. The second-order valence-electron chi connectivity index (χ2n) is 8.04. The summed E-state index contributed by atoms with van der Waals surface area (Å²) in [5.41, 5.74) is 1.13. The fourth-order valence-corrected chi connectivity index (χ4v) is 4.32. The number of rotatable bonds is 5. The van der Waals surface area contributed by atoms with Gasteiger partial charge in [0.15, 0.2) is 0 Å². The fraction of sp³-hybridized carbons (Fsp3) is 0.455. The molecule has 1 saturated heterocycles. The molecule has 0 bridgehead atoms. The summed E-state index contributed by atoms with van der Waals surface area (Å²) in [6.07, 6.45) is 10.8. The summed E-state index contributed by atoms with van der Waals surface area (Å²) in [5, 5.41) is 1.19. The zero-order valence-corrected chi connectivity index (χ0v) is 15.6. The highest BCUT2D eigenvalue weighted by Gasteiger charge is 2.28. The van der Waals surface area contributed by atoms with Crippen LogP contribution in [0.1, 0.15) is 37.4 Å². The molecule has 1 aliphatic heterocycles. The number of amides is 1. The van der Waals surface area contributed by atoms with Crippen LogP contribution in [0.25, 0.3) is 10.9 Å². The van der Waals surface area contributed by atoms with Crippen LogP contribution in [0.4, 0.5) is 0 Å². The lowest BCUT2D eigenvalue weighted by molar-refractivity contribution is -0.132. The molecular formula is C22H26N4O. The molecule has 0 atom stereocenters. The van der Waals surface area contributed by atoms with Crippen LogP contribution in [-0.4, -0.2) is 38.0 Å². The van der Waals surface area contributed by atoms with E-state index in [0.29, 0.717) is 12.5 Å². The van der Waals surface area contributed by atoms with E-state index in [1.54, 1.807) is 0 Å². The molecule has 0 spiro atoms. The largest absolute Gasteiger partial charge is 0.341 e. The van der Waals surface area contributed by atoms with Crippen LogP contribution in [0.3, 0.4) is 0 Å². The summed E-state index contributed by atoms with van der Waals surface area (Å²) >= 11 is 0. The predicted octanol–water partition coefficient (Wildman–Crippen LogP) is 3.65. The standard InChI is InChI=1S/C22H26N4O/c27-21(16-25-13-7-18-3-1-2-4-20(18)25)24-11-8-19(9-12-24)22-23-10-14-26(22)15-17-5-6-17/h1-4,7,10,13-14,17,19H,5-6,8-9,11-12,15-16H2. The van der Waals surface area contributed by atoms with Crippen molar-refractivity contribution in [1.82, 2.24) is 19.0 Å². The number of aromatic nitrogens is 3. The van der Waals surface area contributed by atoms with Gasteiger partial charge in [0, 0.05) is 49.7 Å².